The summed E-state index contributed by atoms with van der Waals surface area (Å²) in [5, 5.41) is 0. The summed E-state index contributed by atoms with van der Waals surface area (Å²) >= 11 is 3.25. The van der Waals surface area contributed by atoms with Crippen LogP contribution in [0.5, 0.6) is 0 Å². The van der Waals surface area contributed by atoms with E-state index >= 15 is 0 Å². The highest BCUT2D eigenvalue weighted by Crippen LogP contribution is 2.42. The predicted octanol–water partition coefficient (Wildman–Crippen LogP) is 5.33. The molecule has 0 saturated heterocycles. The number of hydrogen-bond acceptors (Lipinski definition) is 2. The highest BCUT2D eigenvalue weighted by atomic mass is 79.9. The number of carbonyl (C=O) groups is 1. The molecule has 0 aliphatic heterocycles. The molecule has 0 spiro atoms. The van der Waals surface area contributed by atoms with Gasteiger partial charge in [-0.3, -0.25) is 4.79 Å². The Morgan fingerprint density at radius 3 is 2.35 bits per heavy atom. The first kappa shape index (κ1) is 20.7. The van der Waals surface area contributed by atoms with Gasteiger partial charge in [0, 0.05) is 22.5 Å². The van der Waals surface area contributed by atoms with Crippen molar-refractivity contribution < 1.29 is 13.6 Å². The Kier molecular flexibility index (Phi) is 6.69. The van der Waals surface area contributed by atoms with Crippen molar-refractivity contribution in [1.82, 2.24) is 4.90 Å². The third kappa shape index (κ3) is 3.89. The lowest BCUT2D eigenvalue weighted by atomic mass is 9.66. The zero-order valence-electron chi connectivity index (χ0n) is 15.5. The fraction of sp³-hybridized carbons (Fsp3) is 0.381. The van der Waals surface area contributed by atoms with Crippen molar-refractivity contribution in [2.45, 2.75) is 38.1 Å². The molecule has 2 atom stereocenters. The summed E-state index contributed by atoms with van der Waals surface area (Å²) in [5.41, 5.74) is -0.498. The zero-order valence-corrected chi connectivity index (χ0v) is 17.1. The van der Waals surface area contributed by atoms with Crippen LogP contribution in [0.15, 0.2) is 46.9 Å². The van der Waals surface area contributed by atoms with Gasteiger partial charge >= 0.3 is 0 Å². The van der Waals surface area contributed by atoms with Crippen molar-refractivity contribution in [2.24, 2.45) is 0 Å². The number of nitrogens with zero attached hydrogens (tertiary/aromatic N) is 1. The molecule has 0 N–H and O–H groups in total. The third-order valence-corrected chi connectivity index (χ3v) is 5.46. The van der Waals surface area contributed by atoms with Gasteiger partial charge in [-0.25, -0.2) is 8.78 Å². The zero-order chi connectivity index (χ0) is 19.5. The van der Waals surface area contributed by atoms with Gasteiger partial charge in [0.1, 0.15) is 5.78 Å². The maximum atomic E-state index is 14.9. The summed E-state index contributed by atoms with van der Waals surface area (Å²) in [5.74, 6) is -2.06. The van der Waals surface area contributed by atoms with E-state index in [4.69, 9.17) is 0 Å². The van der Waals surface area contributed by atoms with Gasteiger partial charge in [-0.2, -0.15) is 0 Å². The van der Waals surface area contributed by atoms with Crippen molar-refractivity contribution >= 4 is 21.7 Å². The molecule has 0 amide bonds. The van der Waals surface area contributed by atoms with E-state index in [9.17, 15) is 13.6 Å². The molecule has 2 aromatic carbocycles. The summed E-state index contributed by atoms with van der Waals surface area (Å²) < 4.78 is 29.6. The number of halogens is 3. The van der Waals surface area contributed by atoms with Crippen LogP contribution in [0.4, 0.5) is 8.78 Å². The number of ketones is 1. The van der Waals surface area contributed by atoms with Crippen LogP contribution in [0, 0.1) is 11.6 Å². The molecule has 0 bridgehead atoms. The van der Waals surface area contributed by atoms with Gasteiger partial charge in [-0.15, -0.1) is 0 Å². The maximum absolute atomic E-state index is 14.9. The topological polar surface area (TPSA) is 20.3 Å². The minimum Gasteiger partial charge on any atom is -0.307 e. The second kappa shape index (κ2) is 8.40. The van der Waals surface area contributed by atoms with Crippen LogP contribution in [0.1, 0.15) is 37.8 Å². The second-order valence-corrected chi connectivity index (χ2v) is 7.73. The normalized spacial score (nSPS) is 14.9. The van der Waals surface area contributed by atoms with Gasteiger partial charge in [0.05, 0.1) is 5.41 Å². The van der Waals surface area contributed by atoms with Crippen molar-refractivity contribution in [3.05, 3.63) is 69.7 Å². The van der Waals surface area contributed by atoms with Crippen molar-refractivity contribution in [2.75, 3.05) is 14.1 Å². The number of carbonyl (C=O) groups excluding carboxylic acids is 1. The Morgan fingerprint density at radius 1 is 1.19 bits per heavy atom. The Balaban J connectivity index is 2.85. The average Bonchev–Trinajstić information content (AvgIpc) is 2.62. The lowest BCUT2D eigenvalue weighted by Gasteiger charge is -2.38. The summed E-state index contributed by atoms with van der Waals surface area (Å²) in [6.45, 7) is 3.74. The Labute approximate surface area is 162 Å². The molecule has 0 radical (unpaired) electrons. The van der Waals surface area contributed by atoms with Gasteiger partial charge in [-0.1, -0.05) is 53.2 Å². The first-order valence-electron chi connectivity index (χ1n) is 8.64. The van der Waals surface area contributed by atoms with Gasteiger partial charge in [-0.05, 0) is 45.1 Å². The van der Waals surface area contributed by atoms with Crippen LogP contribution in [0.25, 0.3) is 0 Å². The lowest BCUT2D eigenvalue weighted by molar-refractivity contribution is -0.123. The molecule has 26 heavy (non-hydrogen) atoms. The molecular formula is C21H24BrF2NO. The molecule has 2 nitrogen and oxygen atoms in total. The number of benzene rings is 2. The van der Waals surface area contributed by atoms with Crippen LogP contribution in [0.3, 0.4) is 0 Å². The molecule has 0 aliphatic carbocycles. The number of rotatable bonds is 7. The van der Waals surface area contributed by atoms with Crippen molar-refractivity contribution in [3.8, 4) is 0 Å². The Bertz CT molecular complexity index is 779. The summed E-state index contributed by atoms with van der Waals surface area (Å²) in [6.07, 6.45) is 0.576. The third-order valence-electron chi connectivity index (χ3n) is 5.00. The van der Waals surface area contributed by atoms with Crippen LogP contribution in [0.2, 0.25) is 0 Å². The second-order valence-electron chi connectivity index (χ2n) is 6.81. The van der Waals surface area contributed by atoms with Crippen molar-refractivity contribution in [3.63, 3.8) is 0 Å². The molecule has 2 rings (SSSR count). The minimum absolute atomic E-state index is 0.0212. The van der Waals surface area contributed by atoms with Crippen molar-refractivity contribution in [1.29, 1.82) is 0 Å². The molecule has 5 heteroatoms. The van der Waals surface area contributed by atoms with E-state index in [1.54, 1.807) is 6.92 Å². The van der Waals surface area contributed by atoms with Crippen LogP contribution in [-0.2, 0) is 10.2 Å². The molecular weight excluding hydrogens is 400 g/mol. The number of hydrogen-bond donors (Lipinski definition) is 0. The smallest absolute Gasteiger partial charge is 0.163 e. The SMILES string of the molecule is CCC(=O)C(C[C@H](C)N(C)C)(c1ccccc1)c1cc(Br)cc(F)c1F. The van der Waals surface area contributed by atoms with E-state index < -0.39 is 17.0 Å². The number of Topliss-reactive ketones (excluding diaryl/α,β-unsaturated/α-hetero) is 1. The van der Waals surface area contributed by atoms with E-state index in [0.717, 1.165) is 6.07 Å². The first-order valence-corrected chi connectivity index (χ1v) is 9.43. The van der Waals surface area contributed by atoms with Crippen LogP contribution in [-0.4, -0.2) is 30.8 Å². The standard InChI is InChI=1S/C21H24BrF2NO/c1-5-19(26)21(13-14(2)25(3)4,15-9-7-6-8-10-15)17-11-16(22)12-18(23)20(17)24/h6-12,14H,5,13H2,1-4H3/t14-,21?/m0/s1. The maximum Gasteiger partial charge on any atom is 0.163 e. The average molecular weight is 424 g/mol. The molecule has 0 heterocycles. The molecule has 0 aliphatic rings. The van der Waals surface area contributed by atoms with E-state index in [-0.39, 0.29) is 23.8 Å². The van der Waals surface area contributed by atoms with Gasteiger partial charge in [0.15, 0.2) is 11.6 Å². The molecule has 140 valence electrons. The van der Waals surface area contributed by atoms with E-state index in [2.05, 4.69) is 15.9 Å². The molecule has 1 unspecified atom stereocenters. The lowest BCUT2D eigenvalue weighted by Crippen LogP contribution is -2.43. The highest BCUT2D eigenvalue weighted by molar-refractivity contribution is 9.10. The minimum atomic E-state index is -1.26. The molecule has 0 aromatic heterocycles. The fourth-order valence-corrected chi connectivity index (χ4v) is 3.75. The van der Waals surface area contributed by atoms with E-state index in [0.29, 0.717) is 16.5 Å². The van der Waals surface area contributed by atoms with E-state index in [1.807, 2.05) is 56.3 Å². The van der Waals surface area contributed by atoms with Gasteiger partial charge in [0.2, 0.25) is 0 Å². The fourth-order valence-electron chi connectivity index (χ4n) is 3.33. The first-order chi connectivity index (χ1) is 12.2. The quantitative estimate of drug-likeness (QED) is 0.560. The predicted molar refractivity (Wildman–Crippen MR) is 104 cm³/mol. The summed E-state index contributed by atoms with van der Waals surface area (Å²) in [7, 11) is 3.82. The monoisotopic (exact) mass is 423 g/mol. The summed E-state index contributed by atoms with van der Waals surface area (Å²) in [4.78, 5) is 15.2. The molecule has 0 fully saturated rings. The summed E-state index contributed by atoms with van der Waals surface area (Å²) in [6, 6.07) is 11.7. The highest BCUT2D eigenvalue weighted by Gasteiger charge is 2.44. The Morgan fingerprint density at radius 2 is 1.81 bits per heavy atom. The molecule has 0 saturated carbocycles. The van der Waals surface area contributed by atoms with Gasteiger partial charge < -0.3 is 4.90 Å². The molecule has 2 aromatic rings. The van der Waals surface area contributed by atoms with Crippen LogP contribution >= 0.6 is 15.9 Å². The van der Waals surface area contributed by atoms with Crippen LogP contribution < -0.4 is 0 Å². The van der Waals surface area contributed by atoms with E-state index in [1.165, 1.54) is 6.07 Å². The Hall–Kier alpha value is -1.59. The van der Waals surface area contributed by atoms with Gasteiger partial charge in [0.25, 0.3) is 0 Å². The largest absolute Gasteiger partial charge is 0.307 e.